The molecule has 0 saturated heterocycles. The maximum atomic E-state index is 5.12. The van der Waals surface area contributed by atoms with Gasteiger partial charge in [-0.3, -0.25) is 0 Å². The van der Waals surface area contributed by atoms with Crippen LogP contribution in [0, 0.1) is 18.8 Å². The Labute approximate surface area is 131 Å². The maximum Gasteiger partial charge on any atom is 0.0587 e. The normalized spacial score (nSPS) is 12.8. The quantitative estimate of drug-likeness (QED) is 0.616. The number of rotatable bonds is 11. The van der Waals surface area contributed by atoms with Crippen LogP contribution >= 0.6 is 0 Å². The molecule has 0 spiro atoms. The van der Waals surface area contributed by atoms with Crippen molar-refractivity contribution in [2.75, 3.05) is 26.8 Å². The molecule has 1 N–H and O–H groups in total. The first-order chi connectivity index (χ1) is 10.2. The average molecular weight is 291 g/mol. The molecule has 1 aromatic rings. The Morgan fingerprint density at radius 2 is 1.81 bits per heavy atom. The maximum absolute atomic E-state index is 5.12. The molecule has 0 fully saturated rings. The Bertz CT molecular complexity index is 374. The van der Waals surface area contributed by atoms with Crippen molar-refractivity contribution in [1.29, 1.82) is 0 Å². The Kier molecular flexibility index (Phi) is 9.36. The van der Waals surface area contributed by atoms with E-state index in [9.17, 15) is 0 Å². The van der Waals surface area contributed by atoms with Gasteiger partial charge in [-0.2, -0.15) is 0 Å². The molecule has 2 nitrogen and oxygen atoms in total. The number of hydrogen-bond acceptors (Lipinski definition) is 2. The van der Waals surface area contributed by atoms with Crippen LogP contribution in [0.2, 0.25) is 0 Å². The first-order valence-electron chi connectivity index (χ1n) is 8.45. The molecule has 0 bridgehead atoms. The third-order valence-electron chi connectivity index (χ3n) is 4.51. The van der Waals surface area contributed by atoms with Gasteiger partial charge >= 0.3 is 0 Å². The second-order valence-corrected chi connectivity index (χ2v) is 6.11. The highest BCUT2D eigenvalue weighted by Gasteiger charge is 2.15. The lowest BCUT2D eigenvalue weighted by Crippen LogP contribution is -2.28. The molecule has 0 heterocycles. The van der Waals surface area contributed by atoms with Gasteiger partial charge in [-0.1, -0.05) is 51.0 Å². The predicted octanol–water partition coefficient (Wildman–Crippen LogP) is 4.22. The van der Waals surface area contributed by atoms with Crippen LogP contribution in [0.5, 0.6) is 0 Å². The van der Waals surface area contributed by atoms with Crippen molar-refractivity contribution >= 4 is 0 Å². The molecule has 1 rings (SSSR count). The fraction of sp³-hybridized carbons (Fsp3) is 0.684. The van der Waals surface area contributed by atoms with E-state index in [1.807, 2.05) is 0 Å². The minimum absolute atomic E-state index is 0.716. The second-order valence-electron chi connectivity index (χ2n) is 6.11. The van der Waals surface area contributed by atoms with Gasteiger partial charge in [0.2, 0.25) is 0 Å². The SMILES string of the molecule is CCC(CC)CC(CNCCOC)Cc1ccccc1C. The Hall–Kier alpha value is -0.860. The minimum Gasteiger partial charge on any atom is -0.383 e. The summed E-state index contributed by atoms with van der Waals surface area (Å²) in [5.41, 5.74) is 2.92. The van der Waals surface area contributed by atoms with Crippen LogP contribution in [0.15, 0.2) is 24.3 Å². The van der Waals surface area contributed by atoms with Crippen LogP contribution < -0.4 is 5.32 Å². The summed E-state index contributed by atoms with van der Waals surface area (Å²) in [6.45, 7) is 9.69. The van der Waals surface area contributed by atoms with Crippen LogP contribution in [-0.4, -0.2) is 26.8 Å². The van der Waals surface area contributed by atoms with E-state index in [0.717, 1.165) is 25.6 Å². The van der Waals surface area contributed by atoms with E-state index in [1.165, 1.54) is 36.8 Å². The zero-order valence-corrected chi connectivity index (χ0v) is 14.3. The van der Waals surface area contributed by atoms with Crippen LogP contribution in [0.3, 0.4) is 0 Å². The van der Waals surface area contributed by atoms with Crippen molar-refractivity contribution in [3.63, 3.8) is 0 Å². The second kappa shape index (κ2) is 10.8. The van der Waals surface area contributed by atoms with Crippen LogP contribution in [0.25, 0.3) is 0 Å². The standard InChI is InChI=1S/C19H33NO/c1-5-17(6-2)13-18(15-20-11-12-21-4)14-19-10-8-7-9-16(19)3/h7-10,17-18,20H,5-6,11-15H2,1-4H3. The molecule has 0 aliphatic carbocycles. The number of methoxy groups -OCH3 is 1. The highest BCUT2D eigenvalue weighted by molar-refractivity contribution is 5.26. The zero-order chi connectivity index (χ0) is 15.5. The molecule has 0 radical (unpaired) electrons. The van der Waals surface area contributed by atoms with Gasteiger partial charge in [0.1, 0.15) is 0 Å². The topological polar surface area (TPSA) is 21.3 Å². The molecule has 0 aliphatic heterocycles. The Balaban J connectivity index is 2.60. The first kappa shape index (κ1) is 18.2. The lowest BCUT2D eigenvalue weighted by molar-refractivity contribution is 0.196. The molecule has 1 atom stereocenters. The number of aryl methyl sites for hydroxylation is 1. The molecule has 120 valence electrons. The van der Waals surface area contributed by atoms with E-state index in [0.29, 0.717) is 5.92 Å². The van der Waals surface area contributed by atoms with Gasteiger partial charge in [0.05, 0.1) is 6.61 Å². The van der Waals surface area contributed by atoms with E-state index in [2.05, 4.69) is 50.4 Å². The fourth-order valence-electron chi connectivity index (χ4n) is 2.96. The predicted molar refractivity (Wildman–Crippen MR) is 91.8 cm³/mol. The Morgan fingerprint density at radius 1 is 1.10 bits per heavy atom. The van der Waals surface area contributed by atoms with Crippen molar-refractivity contribution in [2.24, 2.45) is 11.8 Å². The van der Waals surface area contributed by atoms with Gasteiger partial charge in [-0.25, -0.2) is 0 Å². The summed E-state index contributed by atoms with van der Waals surface area (Å²) in [6, 6.07) is 8.80. The lowest BCUT2D eigenvalue weighted by atomic mass is 9.86. The summed E-state index contributed by atoms with van der Waals surface area (Å²) in [5.74, 6) is 1.57. The highest BCUT2D eigenvalue weighted by atomic mass is 16.5. The van der Waals surface area contributed by atoms with Crippen LogP contribution in [-0.2, 0) is 11.2 Å². The van der Waals surface area contributed by atoms with Gasteiger partial charge in [-0.15, -0.1) is 0 Å². The molecule has 0 aromatic heterocycles. The number of nitrogens with one attached hydrogen (secondary N) is 1. The number of benzene rings is 1. The third-order valence-corrected chi connectivity index (χ3v) is 4.51. The van der Waals surface area contributed by atoms with Gasteiger partial charge < -0.3 is 10.1 Å². The molecular weight excluding hydrogens is 258 g/mol. The zero-order valence-electron chi connectivity index (χ0n) is 14.3. The summed E-state index contributed by atoms with van der Waals surface area (Å²) in [5, 5.41) is 3.55. The lowest BCUT2D eigenvalue weighted by Gasteiger charge is -2.23. The third kappa shape index (κ3) is 7.10. The minimum atomic E-state index is 0.716. The van der Waals surface area contributed by atoms with E-state index < -0.39 is 0 Å². The molecule has 0 saturated carbocycles. The van der Waals surface area contributed by atoms with Crippen molar-refractivity contribution in [3.05, 3.63) is 35.4 Å². The summed E-state index contributed by atoms with van der Waals surface area (Å²) in [4.78, 5) is 0. The number of hydrogen-bond donors (Lipinski definition) is 1. The average Bonchev–Trinajstić information content (AvgIpc) is 2.50. The summed E-state index contributed by atoms with van der Waals surface area (Å²) < 4.78 is 5.12. The van der Waals surface area contributed by atoms with E-state index in [1.54, 1.807) is 7.11 Å². The smallest absolute Gasteiger partial charge is 0.0587 e. The molecule has 1 aromatic carbocycles. The highest BCUT2D eigenvalue weighted by Crippen LogP contribution is 2.23. The van der Waals surface area contributed by atoms with Crippen LogP contribution in [0.4, 0.5) is 0 Å². The first-order valence-corrected chi connectivity index (χ1v) is 8.45. The fourth-order valence-corrected chi connectivity index (χ4v) is 2.96. The molecule has 0 aliphatic rings. The van der Waals surface area contributed by atoms with Crippen molar-refractivity contribution < 1.29 is 4.74 Å². The van der Waals surface area contributed by atoms with Gasteiger partial charge in [0, 0.05) is 13.7 Å². The molecular formula is C19H33NO. The summed E-state index contributed by atoms with van der Waals surface area (Å²) in [7, 11) is 1.76. The number of ether oxygens (including phenoxy) is 1. The van der Waals surface area contributed by atoms with E-state index >= 15 is 0 Å². The van der Waals surface area contributed by atoms with Crippen molar-refractivity contribution in [2.45, 2.75) is 46.5 Å². The summed E-state index contributed by atoms with van der Waals surface area (Å²) in [6.07, 6.45) is 5.09. The van der Waals surface area contributed by atoms with Crippen LogP contribution in [0.1, 0.15) is 44.2 Å². The van der Waals surface area contributed by atoms with Gasteiger partial charge in [-0.05, 0) is 49.3 Å². The Morgan fingerprint density at radius 3 is 2.43 bits per heavy atom. The van der Waals surface area contributed by atoms with Gasteiger partial charge in [0.15, 0.2) is 0 Å². The van der Waals surface area contributed by atoms with Gasteiger partial charge in [0.25, 0.3) is 0 Å². The molecule has 1 unspecified atom stereocenters. The monoisotopic (exact) mass is 291 g/mol. The largest absolute Gasteiger partial charge is 0.383 e. The summed E-state index contributed by atoms with van der Waals surface area (Å²) >= 11 is 0. The van der Waals surface area contributed by atoms with E-state index in [-0.39, 0.29) is 0 Å². The van der Waals surface area contributed by atoms with Crippen molar-refractivity contribution in [3.8, 4) is 0 Å². The molecule has 21 heavy (non-hydrogen) atoms. The van der Waals surface area contributed by atoms with Crippen molar-refractivity contribution in [1.82, 2.24) is 5.32 Å². The van der Waals surface area contributed by atoms with E-state index in [4.69, 9.17) is 4.74 Å². The molecule has 2 heteroatoms. The molecule has 0 amide bonds.